The summed E-state index contributed by atoms with van der Waals surface area (Å²) in [6.45, 7) is 18.8. The summed E-state index contributed by atoms with van der Waals surface area (Å²) in [5, 5.41) is 17.4. The van der Waals surface area contributed by atoms with E-state index in [0.29, 0.717) is 57.6 Å². The van der Waals surface area contributed by atoms with Crippen molar-refractivity contribution in [3.63, 3.8) is 0 Å². The van der Waals surface area contributed by atoms with Gasteiger partial charge in [0.15, 0.2) is 0 Å². The normalized spacial score (nSPS) is 20.0. The number of hydrogen-bond donors (Lipinski definition) is 4. The zero-order chi connectivity index (χ0) is 34.9. The number of piperidine rings is 2. The average Bonchev–Trinajstić information content (AvgIpc) is 3.03. The molecule has 0 spiro atoms. The van der Waals surface area contributed by atoms with Crippen LogP contribution in [0.15, 0.2) is 0 Å². The lowest BCUT2D eigenvalue weighted by molar-refractivity contribution is -0.144. The maximum atomic E-state index is 12.5. The number of nitrogens with zero attached hydrogens (tertiary/aromatic N) is 1. The molecule has 4 N–H and O–H groups in total. The number of nitrogens with one attached hydrogen (secondary N) is 3. The molecule has 280 valence electrons. The van der Waals surface area contributed by atoms with Crippen LogP contribution in [0.2, 0.25) is 0 Å². The number of carboxylic acid groups (broad SMARTS) is 1. The largest absolute Gasteiger partial charge is 0.481 e. The van der Waals surface area contributed by atoms with Crippen LogP contribution < -0.4 is 16.0 Å². The zero-order valence-corrected chi connectivity index (χ0v) is 29.7. The predicted molar refractivity (Wildman–Crippen MR) is 185 cm³/mol. The minimum Gasteiger partial charge on any atom is -0.481 e. The molecule has 4 fully saturated rings. The lowest BCUT2D eigenvalue weighted by Crippen LogP contribution is -2.45. The Balaban J connectivity index is 0.000000395. The molecule has 0 bridgehead atoms. The van der Waals surface area contributed by atoms with Crippen LogP contribution in [0.5, 0.6) is 0 Å². The second kappa shape index (κ2) is 22.2. The van der Waals surface area contributed by atoms with Gasteiger partial charge in [-0.1, -0.05) is 7.43 Å². The van der Waals surface area contributed by atoms with Gasteiger partial charge in [0.05, 0.1) is 5.92 Å². The molecule has 0 aromatic rings. The van der Waals surface area contributed by atoms with E-state index in [4.69, 9.17) is 24.1 Å². The van der Waals surface area contributed by atoms with Crippen molar-refractivity contribution in [2.24, 2.45) is 23.7 Å². The molecule has 4 rings (SSSR count). The Morgan fingerprint density at radius 3 is 1.46 bits per heavy atom. The third kappa shape index (κ3) is 19.4. The van der Waals surface area contributed by atoms with Crippen molar-refractivity contribution in [3.05, 3.63) is 0 Å². The van der Waals surface area contributed by atoms with Crippen molar-refractivity contribution in [2.75, 3.05) is 65.7 Å². The summed E-state index contributed by atoms with van der Waals surface area (Å²) >= 11 is 0. The zero-order valence-electron chi connectivity index (χ0n) is 29.7. The lowest BCUT2D eigenvalue weighted by Gasteiger charge is -2.35. The monoisotopic (exact) mass is 686 g/mol. The highest BCUT2D eigenvalue weighted by Crippen LogP contribution is 2.23. The predicted octanol–water partition coefficient (Wildman–Crippen LogP) is 4.82. The van der Waals surface area contributed by atoms with Gasteiger partial charge in [-0.3, -0.25) is 9.59 Å². The first-order valence-electron chi connectivity index (χ1n) is 17.4. The molecule has 0 aromatic heterocycles. The smallest absolute Gasteiger partial charge is 0.407 e. The molecule has 0 aromatic carbocycles. The van der Waals surface area contributed by atoms with Crippen LogP contribution in [-0.2, 0) is 28.5 Å². The van der Waals surface area contributed by atoms with E-state index >= 15 is 0 Å². The van der Waals surface area contributed by atoms with Crippen LogP contribution in [0.4, 0.5) is 9.59 Å². The Bertz CT molecular complexity index is 941. The van der Waals surface area contributed by atoms with Gasteiger partial charge in [-0.2, -0.15) is 0 Å². The Labute approximate surface area is 288 Å². The summed E-state index contributed by atoms with van der Waals surface area (Å²) in [5.74, 6) is 0.601. The van der Waals surface area contributed by atoms with E-state index in [-0.39, 0.29) is 37.4 Å². The minimum atomic E-state index is -0.682. The molecule has 13 nitrogen and oxygen atoms in total. The highest BCUT2D eigenvalue weighted by molar-refractivity contribution is 5.79. The Morgan fingerprint density at radius 1 is 0.688 bits per heavy atom. The number of aliphatic carboxylic acids is 1. The Kier molecular flexibility index (Phi) is 20.0. The number of carbonyl (C=O) groups excluding carboxylic acids is 3. The summed E-state index contributed by atoms with van der Waals surface area (Å²) in [6.07, 6.45) is 6.52. The summed E-state index contributed by atoms with van der Waals surface area (Å²) in [6, 6.07) is 0. The SMILES string of the molecule is C.CC(C)(C)OC(=O)NCC1CCN(C(=O)C2CCOCC2)CC1.CC(C)(C)OC(=O)NCC1CCNCC1.O=C(O)C1CCOCC1. The van der Waals surface area contributed by atoms with Crippen LogP contribution >= 0.6 is 0 Å². The van der Waals surface area contributed by atoms with Gasteiger partial charge in [-0.05, 0) is 118 Å². The number of amides is 3. The molecule has 4 heterocycles. The van der Waals surface area contributed by atoms with Crippen LogP contribution in [0.3, 0.4) is 0 Å². The first-order valence-corrected chi connectivity index (χ1v) is 17.4. The van der Waals surface area contributed by atoms with Gasteiger partial charge >= 0.3 is 18.2 Å². The van der Waals surface area contributed by atoms with Crippen LogP contribution in [0.25, 0.3) is 0 Å². The fraction of sp³-hybridized carbons (Fsp3) is 0.886. The maximum absolute atomic E-state index is 12.5. The fourth-order valence-electron chi connectivity index (χ4n) is 5.67. The second-order valence-corrected chi connectivity index (χ2v) is 14.8. The lowest BCUT2D eigenvalue weighted by atomic mass is 9.93. The van der Waals surface area contributed by atoms with E-state index in [1.54, 1.807) is 0 Å². The highest BCUT2D eigenvalue weighted by atomic mass is 16.6. The molecule has 3 amide bonds. The molecular formula is C35H66N4O9. The Hall–Kier alpha value is -2.64. The molecule has 0 unspecified atom stereocenters. The summed E-state index contributed by atoms with van der Waals surface area (Å²) in [7, 11) is 0. The molecule has 0 atom stereocenters. The van der Waals surface area contributed by atoms with E-state index < -0.39 is 17.2 Å². The van der Waals surface area contributed by atoms with Gasteiger partial charge in [0, 0.05) is 58.5 Å². The molecule has 4 saturated heterocycles. The average molecular weight is 687 g/mol. The van der Waals surface area contributed by atoms with Gasteiger partial charge in [0.25, 0.3) is 0 Å². The van der Waals surface area contributed by atoms with Gasteiger partial charge in [-0.25, -0.2) is 9.59 Å². The van der Waals surface area contributed by atoms with E-state index in [1.165, 1.54) is 0 Å². The molecule has 0 saturated carbocycles. The number of ether oxygens (including phenoxy) is 4. The molecule has 13 heteroatoms. The van der Waals surface area contributed by atoms with Crippen molar-refractivity contribution >= 4 is 24.1 Å². The second-order valence-electron chi connectivity index (χ2n) is 14.8. The quantitative estimate of drug-likeness (QED) is 0.305. The van der Waals surface area contributed by atoms with Crippen molar-refractivity contribution in [2.45, 2.75) is 112 Å². The van der Waals surface area contributed by atoms with E-state index in [0.717, 1.165) is 71.2 Å². The third-order valence-corrected chi connectivity index (χ3v) is 8.39. The summed E-state index contributed by atoms with van der Waals surface area (Å²) in [4.78, 5) is 47.8. The van der Waals surface area contributed by atoms with Crippen molar-refractivity contribution in [1.82, 2.24) is 20.9 Å². The van der Waals surface area contributed by atoms with Gasteiger partial charge < -0.3 is 44.9 Å². The number of likely N-dealkylation sites (tertiary alicyclic amines) is 1. The van der Waals surface area contributed by atoms with Crippen LogP contribution in [-0.4, -0.2) is 111 Å². The van der Waals surface area contributed by atoms with E-state index in [2.05, 4.69) is 16.0 Å². The molecule has 0 radical (unpaired) electrons. The number of carboxylic acids is 1. The van der Waals surface area contributed by atoms with Crippen molar-refractivity contribution < 1.29 is 43.2 Å². The Morgan fingerprint density at radius 2 is 1.08 bits per heavy atom. The minimum absolute atomic E-state index is 0. The number of hydrogen-bond acceptors (Lipinski definition) is 9. The molecule has 0 aliphatic carbocycles. The number of rotatable bonds is 6. The van der Waals surface area contributed by atoms with Gasteiger partial charge in [-0.15, -0.1) is 0 Å². The first-order chi connectivity index (χ1) is 22.1. The maximum Gasteiger partial charge on any atom is 0.407 e. The van der Waals surface area contributed by atoms with Crippen LogP contribution in [0, 0.1) is 23.7 Å². The molecule has 48 heavy (non-hydrogen) atoms. The number of carbonyl (C=O) groups is 4. The highest BCUT2D eigenvalue weighted by Gasteiger charge is 2.30. The first kappa shape index (κ1) is 43.4. The van der Waals surface area contributed by atoms with E-state index in [9.17, 15) is 19.2 Å². The van der Waals surface area contributed by atoms with Crippen LogP contribution in [0.1, 0.15) is 100 Å². The fourth-order valence-corrected chi connectivity index (χ4v) is 5.67. The van der Waals surface area contributed by atoms with Crippen molar-refractivity contribution in [3.8, 4) is 0 Å². The molecular weight excluding hydrogens is 620 g/mol. The molecule has 4 aliphatic heterocycles. The third-order valence-electron chi connectivity index (χ3n) is 8.39. The summed E-state index contributed by atoms with van der Waals surface area (Å²) < 4.78 is 20.7. The van der Waals surface area contributed by atoms with Gasteiger partial charge in [0.2, 0.25) is 5.91 Å². The number of alkyl carbamates (subject to hydrolysis) is 2. The topological polar surface area (TPSA) is 165 Å². The van der Waals surface area contributed by atoms with E-state index in [1.807, 2.05) is 46.4 Å². The summed E-state index contributed by atoms with van der Waals surface area (Å²) in [5.41, 5.74) is -0.873. The molecule has 4 aliphatic rings. The van der Waals surface area contributed by atoms with Crippen molar-refractivity contribution in [1.29, 1.82) is 0 Å². The van der Waals surface area contributed by atoms with Gasteiger partial charge in [0.1, 0.15) is 11.2 Å². The standard InChI is InChI=1S/C17H30N2O4.C11H22N2O2.C6H10O3.CH4/c1-17(2,3)23-16(21)18-12-13-4-8-19(9-5-13)15(20)14-6-10-22-11-7-14;1-11(2,3)15-10(14)13-8-9-4-6-12-7-5-9;7-6(8)5-1-3-9-4-2-5;/h13-14H,4-12H2,1-3H3,(H,18,21);9,12H,4-8H2,1-3H3,(H,13,14);5H,1-4H2,(H,7,8);1H4.